The van der Waals surface area contributed by atoms with Gasteiger partial charge in [0.25, 0.3) is 5.91 Å². The van der Waals surface area contributed by atoms with Crippen molar-refractivity contribution in [1.82, 2.24) is 25.3 Å². The van der Waals surface area contributed by atoms with Gasteiger partial charge in [0, 0.05) is 90.1 Å². The third kappa shape index (κ3) is 3.32. The first kappa shape index (κ1) is 20.5. The van der Waals surface area contributed by atoms with Crippen LogP contribution in [-0.4, -0.2) is 64.4 Å². The highest BCUT2D eigenvalue weighted by Crippen LogP contribution is 2.42. The van der Waals surface area contributed by atoms with E-state index >= 15 is 0 Å². The van der Waals surface area contributed by atoms with Crippen LogP contribution in [0.15, 0.2) is 47.2 Å². The number of aliphatic hydroxyl groups is 1. The molecule has 0 saturated carbocycles. The average Bonchev–Trinajstić information content (AvgIpc) is 3.48. The number of aliphatic imine (C=N–C) groups is 1. The van der Waals surface area contributed by atoms with Gasteiger partial charge in [-0.2, -0.15) is 0 Å². The summed E-state index contributed by atoms with van der Waals surface area (Å²) >= 11 is 0. The van der Waals surface area contributed by atoms with Crippen LogP contribution in [0.25, 0.3) is 22.2 Å². The Hall–Kier alpha value is -3.36. The number of hydrogen-bond acceptors (Lipinski definition) is 5. The predicted molar refractivity (Wildman–Crippen MR) is 126 cm³/mol. The van der Waals surface area contributed by atoms with E-state index in [-0.39, 0.29) is 24.0 Å². The minimum Gasteiger partial charge on any atom is -0.396 e. The molecule has 166 valence electrons. The van der Waals surface area contributed by atoms with Gasteiger partial charge in [0.05, 0.1) is 6.04 Å². The van der Waals surface area contributed by atoms with Crippen LogP contribution in [-0.2, 0) is 0 Å². The number of aromatic amines is 2. The van der Waals surface area contributed by atoms with E-state index in [1.165, 1.54) is 0 Å². The van der Waals surface area contributed by atoms with Crippen molar-refractivity contribution in [3.05, 3.63) is 53.4 Å². The lowest BCUT2D eigenvalue weighted by molar-refractivity contribution is 0.0663. The molecular formula is C24H28N6O2. The number of fused-ring (bicyclic) bond motifs is 4. The lowest BCUT2D eigenvalue weighted by Crippen LogP contribution is -2.37. The molecule has 3 aromatic rings. The fraction of sp³-hybridized carbons (Fsp3) is 0.333. The molecule has 0 aliphatic carbocycles. The van der Waals surface area contributed by atoms with Gasteiger partial charge in [0.2, 0.25) is 0 Å². The Kier molecular flexibility index (Phi) is 4.72. The van der Waals surface area contributed by atoms with E-state index in [1.54, 1.807) is 11.9 Å². The van der Waals surface area contributed by atoms with E-state index in [4.69, 9.17) is 0 Å². The zero-order valence-electron chi connectivity index (χ0n) is 18.7. The number of aliphatic hydroxyl groups excluding tert-OH is 1. The monoisotopic (exact) mass is 432 g/mol. The van der Waals surface area contributed by atoms with Crippen LogP contribution in [0.5, 0.6) is 0 Å². The fourth-order valence-corrected chi connectivity index (χ4v) is 4.57. The number of hydrogen-bond donors (Lipinski definition) is 4. The predicted octanol–water partition coefficient (Wildman–Crippen LogP) is 3.34. The largest absolute Gasteiger partial charge is 0.396 e. The number of benzene rings is 1. The number of rotatable bonds is 5. The minimum atomic E-state index is -0.346. The van der Waals surface area contributed by atoms with Crippen LogP contribution in [0.2, 0.25) is 0 Å². The molecule has 8 nitrogen and oxygen atoms in total. The number of aromatic nitrogens is 2. The van der Waals surface area contributed by atoms with Crippen LogP contribution in [0.1, 0.15) is 35.8 Å². The number of carbonyl (C=O) groups is 1. The standard InChI is InChI=1S/C24H28N6O2/c1-24(2,13-31)12-29(3)23(32)14-5-6-16-18(11-25-19(16)7-14)20-8-17-21-15(10-27-30(21)4)9-26-22(17)28-20/h5-11,21,25,27-28,31H,12-13H2,1-4H3. The van der Waals surface area contributed by atoms with E-state index < -0.39 is 0 Å². The van der Waals surface area contributed by atoms with E-state index in [2.05, 4.69) is 31.5 Å². The van der Waals surface area contributed by atoms with Gasteiger partial charge in [0.15, 0.2) is 0 Å². The first-order valence-corrected chi connectivity index (χ1v) is 10.7. The maximum Gasteiger partial charge on any atom is 0.253 e. The molecule has 0 fully saturated rings. The molecule has 4 N–H and O–H groups in total. The Morgan fingerprint density at radius 2 is 2.12 bits per heavy atom. The lowest BCUT2D eigenvalue weighted by atomic mass is 9.94. The first-order chi connectivity index (χ1) is 15.3. The molecule has 1 unspecified atom stereocenters. The number of carbonyl (C=O) groups excluding carboxylic acids is 1. The van der Waals surface area contributed by atoms with Crippen molar-refractivity contribution < 1.29 is 9.90 Å². The second-order valence-corrected chi connectivity index (χ2v) is 9.48. The summed E-state index contributed by atoms with van der Waals surface area (Å²) in [5, 5.41) is 12.6. The maximum absolute atomic E-state index is 12.9. The first-order valence-electron chi connectivity index (χ1n) is 10.7. The van der Waals surface area contributed by atoms with Crippen molar-refractivity contribution in [3.63, 3.8) is 0 Å². The molecule has 1 amide bonds. The topological polar surface area (TPSA) is 99.8 Å². The minimum absolute atomic E-state index is 0.0256. The van der Waals surface area contributed by atoms with Gasteiger partial charge < -0.3 is 25.4 Å². The zero-order valence-corrected chi connectivity index (χ0v) is 18.7. The molecule has 5 rings (SSSR count). The third-order valence-electron chi connectivity index (χ3n) is 6.26. The summed E-state index contributed by atoms with van der Waals surface area (Å²) in [5.74, 6) is 0.803. The number of nitrogens with zero attached hydrogens (tertiary/aromatic N) is 3. The van der Waals surface area contributed by atoms with Crippen molar-refractivity contribution in [2.45, 2.75) is 19.9 Å². The van der Waals surface area contributed by atoms with Gasteiger partial charge in [0.1, 0.15) is 5.82 Å². The average molecular weight is 433 g/mol. The quantitative estimate of drug-likeness (QED) is 0.497. The number of nitrogens with one attached hydrogen (secondary N) is 3. The highest BCUT2D eigenvalue weighted by Gasteiger charge is 2.32. The van der Waals surface area contributed by atoms with Crippen LogP contribution in [0.4, 0.5) is 5.82 Å². The maximum atomic E-state index is 12.9. The van der Waals surface area contributed by atoms with Crippen molar-refractivity contribution in [3.8, 4) is 11.3 Å². The second-order valence-electron chi connectivity index (χ2n) is 9.48. The Balaban J connectivity index is 1.45. The van der Waals surface area contributed by atoms with Crippen molar-refractivity contribution in [2.24, 2.45) is 10.4 Å². The fourth-order valence-electron chi connectivity index (χ4n) is 4.57. The van der Waals surface area contributed by atoms with E-state index in [0.717, 1.165) is 39.1 Å². The second kappa shape index (κ2) is 7.36. The molecule has 2 aliphatic heterocycles. The molecule has 0 spiro atoms. The van der Waals surface area contributed by atoms with Gasteiger partial charge >= 0.3 is 0 Å². The van der Waals surface area contributed by atoms with Gasteiger partial charge in [-0.1, -0.05) is 19.9 Å². The van der Waals surface area contributed by atoms with Gasteiger partial charge in [-0.15, -0.1) is 0 Å². The third-order valence-corrected chi connectivity index (χ3v) is 6.26. The molecule has 0 bridgehead atoms. The summed E-state index contributed by atoms with van der Waals surface area (Å²) in [5.41, 5.74) is 8.70. The summed E-state index contributed by atoms with van der Waals surface area (Å²) in [7, 11) is 3.79. The van der Waals surface area contributed by atoms with Gasteiger partial charge in [-0.25, -0.2) is 10.0 Å². The van der Waals surface area contributed by atoms with Crippen LogP contribution < -0.4 is 5.43 Å². The molecule has 4 heterocycles. The molecule has 8 heteroatoms. The van der Waals surface area contributed by atoms with E-state index in [0.29, 0.717) is 12.1 Å². The van der Waals surface area contributed by atoms with Crippen molar-refractivity contribution in [1.29, 1.82) is 0 Å². The van der Waals surface area contributed by atoms with Crippen molar-refractivity contribution >= 4 is 28.8 Å². The number of likely N-dealkylation sites (N-methyl/N-ethyl adjacent to an activating group) is 1. The molecule has 2 aliphatic rings. The summed E-state index contributed by atoms with van der Waals surface area (Å²) in [6, 6.07) is 8.03. The number of H-pyrrole nitrogens is 2. The molecule has 0 radical (unpaired) electrons. The normalized spacial score (nSPS) is 17.8. The Morgan fingerprint density at radius 1 is 1.31 bits per heavy atom. The zero-order chi connectivity index (χ0) is 22.6. The van der Waals surface area contributed by atoms with Crippen LogP contribution >= 0.6 is 0 Å². The summed E-state index contributed by atoms with van der Waals surface area (Å²) in [6.07, 6.45) is 5.84. The summed E-state index contributed by atoms with van der Waals surface area (Å²) in [6.45, 7) is 4.38. The number of amides is 1. The molecule has 1 atom stereocenters. The smallest absolute Gasteiger partial charge is 0.253 e. The molecular weight excluding hydrogens is 404 g/mol. The van der Waals surface area contributed by atoms with Crippen LogP contribution in [0, 0.1) is 5.41 Å². The molecule has 2 aromatic heterocycles. The SMILES string of the molecule is CN(CC(C)(C)CO)C(=O)c1ccc2c(-c3cc4c([nH]3)N=CC3=CNN(C)C34)c[nH]c2c1. The Morgan fingerprint density at radius 3 is 2.91 bits per heavy atom. The summed E-state index contributed by atoms with van der Waals surface area (Å²) in [4.78, 5) is 25.9. The van der Waals surface area contributed by atoms with E-state index in [9.17, 15) is 9.90 Å². The molecule has 32 heavy (non-hydrogen) atoms. The molecule has 0 saturated heterocycles. The van der Waals surface area contributed by atoms with Crippen LogP contribution in [0.3, 0.4) is 0 Å². The van der Waals surface area contributed by atoms with Gasteiger partial charge in [-0.05, 0) is 18.2 Å². The highest BCUT2D eigenvalue weighted by molar-refractivity contribution is 6.02. The van der Waals surface area contributed by atoms with Crippen molar-refractivity contribution in [2.75, 3.05) is 27.2 Å². The Labute approximate surface area is 186 Å². The Bertz CT molecular complexity index is 1260. The number of hydrazine groups is 1. The highest BCUT2D eigenvalue weighted by atomic mass is 16.3. The molecule has 1 aromatic carbocycles. The van der Waals surface area contributed by atoms with Gasteiger partial charge in [-0.3, -0.25) is 4.79 Å². The summed E-state index contributed by atoms with van der Waals surface area (Å²) < 4.78 is 0. The van der Waals surface area contributed by atoms with E-state index in [1.807, 2.05) is 57.7 Å². The lowest BCUT2D eigenvalue weighted by Gasteiger charge is -2.28.